The zero-order valence-electron chi connectivity index (χ0n) is 14.6. The summed E-state index contributed by atoms with van der Waals surface area (Å²) in [4.78, 5) is 31.0. The molecule has 0 aliphatic carbocycles. The van der Waals surface area contributed by atoms with Crippen LogP contribution in [0.15, 0.2) is 53.6 Å². The summed E-state index contributed by atoms with van der Waals surface area (Å²) in [5, 5.41) is 4.07. The minimum atomic E-state index is -0.116. The second kappa shape index (κ2) is 6.72. The molecule has 6 nitrogen and oxygen atoms in total. The number of benzene rings is 1. The Morgan fingerprint density at radius 2 is 1.85 bits per heavy atom. The van der Waals surface area contributed by atoms with Crippen LogP contribution in [0.25, 0.3) is 22.0 Å². The molecule has 1 aromatic carbocycles. The lowest BCUT2D eigenvalue weighted by Crippen LogP contribution is -2.46. The lowest BCUT2D eigenvalue weighted by Gasteiger charge is -2.27. The number of hydrogen-bond donors (Lipinski definition) is 1. The molecule has 6 heteroatoms. The van der Waals surface area contributed by atoms with Crippen molar-refractivity contribution in [2.45, 2.75) is 0 Å². The van der Waals surface area contributed by atoms with Crippen LogP contribution in [0.5, 0.6) is 0 Å². The highest BCUT2D eigenvalue weighted by Crippen LogP contribution is 2.26. The molecule has 1 aliphatic rings. The van der Waals surface area contributed by atoms with Crippen LogP contribution < -0.4 is 10.9 Å². The number of rotatable bonds is 2. The maximum Gasteiger partial charge on any atom is 0.276 e. The first-order valence-corrected chi connectivity index (χ1v) is 8.70. The van der Waals surface area contributed by atoms with Crippen molar-refractivity contribution in [1.29, 1.82) is 0 Å². The molecule has 3 heterocycles. The molecule has 1 fully saturated rings. The highest BCUT2D eigenvalue weighted by atomic mass is 16.2. The summed E-state index contributed by atoms with van der Waals surface area (Å²) in [7, 11) is 1.72. The number of nitrogens with one attached hydrogen (secondary N) is 1. The smallest absolute Gasteiger partial charge is 0.276 e. The molecule has 1 amide bonds. The van der Waals surface area contributed by atoms with Gasteiger partial charge in [-0.25, -0.2) is 0 Å². The van der Waals surface area contributed by atoms with Gasteiger partial charge < -0.3 is 14.8 Å². The lowest BCUT2D eigenvalue weighted by atomic mass is 10.0. The van der Waals surface area contributed by atoms with Crippen LogP contribution in [0, 0.1) is 0 Å². The van der Waals surface area contributed by atoms with Crippen LogP contribution in [0.1, 0.15) is 10.4 Å². The molecule has 0 atom stereocenters. The van der Waals surface area contributed by atoms with E-state index in [9.17, 15) is 9.59 Å². The number of carbonyl (C=O) groups is 1. The van der Waals surface area contributed by atoms with Gasteiger partial charge in [-0.15, -0.1) is 0 Å². The Bertz CT molecular complexity index is 1020. The summed E-state index contributed by atoms with van der Waals surface area (Å²) >= 11 is 0. The van der Waals surface area contributed by atoms with Gasteiger partial charge in [0.05, 0.1) is 0 Å². The van der Waals surface area contributed by atoms with Crippen LogP contribution in [0.3, 0.4) is 0 Å². The SMILES string of the molecule is Cn1cc(-c2ccc(C(=O)N3CCNCC3)cc2)c2cccnc2c1=O. The lowest BCUT2D eigenvalue weighted by molar-refractivity contribution is 0.0736. The molecular formula is C20H20N4O2. The van der Waals surface area contributed by atoms with E-state index in [2.05, 4.69) is 10.3 Å². The van der Waals surface area contributed by atoms with Crippen molar-refractivity contribution >= 4 is 16.8 Å². The van der Waals surface area contributed by atoms with Gasteiger partial charge in [0.25, 0.3) is 11.5 Å². The Kier molecular flexibility index (Phi) is 4.26. The predicted octanol–water partition coefficient (Wildman–Crippen LogP) is 1.65. The molecule has 1 aliphatic heterocycles. The second-order valence-electron chi connectivity index (χ2n) is 6.48. The molecule has 4 rings (SSSR count). The summed E-state index contributed by atoms with van der Waals surface area (Å²) in [6, 6.07) is 11.3. The second-order valence-corrected chi connectivity index (χ2v) is 6.48. The summed E-state index contributed by atoms with van der Waals surface area (Å²) in [6.45, 7) is 3.14. The molecular weight excluding hydrogens is 328 g/mol. The third kappa shape index (κ3) is 2.88. The normalized spacial score (nSPS) is 14.6. The van der Waals surface area contributed by atoms with Crippen molar-refractivity contribution in [1.82, 2.24) is 19.8 Å². The standard InChI is InChI=1S/C20H20N4O2/c1-23-13-17(16-3-2-8-22-18(16)20(23)26)14-4-6-15(7-5-14)19(25)24-11-9-21-10-12-24/h2-8,13,21H,9-12H2,1H3. The quantitative estimate of drug-likeness (QED) is 0.765. The zero-order valence-corrected chi connectivity index (χ0v) is 14.6. The van der Waals surface area contributed by atoms with E-state index in [4.69, 9.17) is 0 Å². The van der Waals surface area contributed by atoms with Crippen LogP contribution >= 0.6 is 0 Å². The van der Waals surface area contributed by atoms with Gasteiger partial charge in [-0.05, 0) is 23.8 Å². The van der Waals surface area contributed by atoms with Crippen molar-refractivity contribution in [3.05, 3.63) is 64.7 Å². The predicted molar refractivity (Wildman–Crippen MR) is 101 cm³/mol. The number of aryl methyl sites for hydroxylation is 1. The Morgan fingerprint density at radius 1 is 1.12 bits per heavy atom. The fourth-order valence-corrected chi connectivity index (χ4v) is 3.35. The number of fused-ring (bicyclic) bond motifs is 1. The topological polar surface area (TPSA) is 67.2 Å². The van der Waals surface area contributed by atoms with E-state index in [1.807, 2.05) is 47.5 Å². The number of piperazine rings is 1. The fraction of sp³-hybridized carbons (Fsp3) is 0.250. The van der Waals surface area contributed by atoms with Gasteiger partial charge in [0.1, 0.15) is 5.52 Å². The van der Waals surface area contributed by atoms with Gasteiger partial charge in [-0.3, -0.25) is 14.6 Å². The molecule has 3 aromatic rings. The maximum absolute atomic E-state index is 12.6. The molecule has 26 heavy (non-hydrogen) atoms. The van der Waals surface area contributed by atoms with Crippen molar-refractivity contribution < 1.29 is 4.79 Å². The van der Waals surface area contributed by atoms with E-state index in [-0.39, 0.29) is 11.5 Å². The number of nitrogens with zero attached hydrogens (tertiary/aromatic N) is 3. The number of amides is 1. The van der Waals surface area contributed by atoms with Crippen molar-refractivity contribution in [2.75, 3.05) is 26.2 Å². The molecule has 2 aromatic heterocycles. The average molecular weight is 348 g/mol. The van der Waals surface area contributed by atoms with E-state index >= 15 is 0 Å². The van der Waals surface area contributed by atoms with Gasteiger partial charge in [-0.1, -0.05) is 18.2 Å². The minimum absolute atomic E-state index is 0.0602. The van der Waals surface area contributed by atoms with Crippen LogP contribution in [-0.4, -0.2) is 46.5 Å². The first kappa shape index (κ1) is 16.5. The summed E-state index contributed by atoms with van der Waals surface area (Å²) in [5.74, 6) is 0.0602. The van der Waals surface area contributed by atoms with Gasteiger partial charge in [0, 0.05) is 62.1 Å². The molecule has 0 radical (unpaired) electrons. The van der Waals surface area contributed by atoms with Crippen molar-refractivity contribution in [2.24, 2.45) is 7.05 Å². The molecule has 0 spiro atoms. The zero-order chi connectivity index (χ0) is 18.1. The average Bonchev–Trinajstić information content (AvgIpc) is 2.71. The van der Waals surface area contributed by atoms with Gasteiger partial charge >= 0.3 is 0 Å². The number of carbonyl (C=O) groups excluding carboxylic acids is 1. The number of aromatic nitrogens is 2. The van der Waals surface area contributed by atoms with Gasteiger partial charge in [0.15, 0.2) is 0 Å². The van der Waals surface area contributed by atoms with E-state index in [1.165, 1.54) is 0 Å². The highest BCUT2D eigenvalue weighted by Gasteiger charge is 2.18. The minimum Gasteiger partial charge on any atom is -0.336 e. The van der Waals surface area contributed by atoms with E-state index in [0.29, 0.717) is 11.1 Å². The van der Waals surface area contributed by atoms with E-state index in [0.717, 1.165) is 42.7 Å². The first-order valence-electron chi connectivity index (χ1n) is 8.70. The maximum atomic E-state index is 12.6. The Labute approximate surface area is 151 Å². The van der Waals surface area contributed by atoms with Gasteiger partial charge in [0.2, 0.25) is 0 Å². The van der Waals surface area contributed by atoms with E-state index in [1.54, 1.807) is 17.8 Å². The number of hydrogen-bond acceptors (Lipinski definition) is 4. The third-order valence-corrected chi connectivity index (χ3v) is 4.79. The fourth-order valence-electron chi connectivity index (χ4n) is 3.35. The molecule has 132 valence electrons. The highest BCUT2D eigenvalue weighted by molar-refractivity contribution is 5.97. The Hall–Kier alpha value is -2.99. The Morgan fingerprint density at radius 3 is 2.58 bits per heavy atom. The molecule has 0 bridgehead atoms. The molecule has 1 saturated heterocycles. The first-order chi connectivity index (χ1) is 12.6. The summed E-state index contributed by atoms with van der Waals surface area (Å²) < 4.78 is 1.55. The van der Waals surface area contributed by atoms with Crippen LogP contribution in [0.2, 0.25) is 0 Å². The molecule has 0 unspecified atom stereocenters. The van der Waals surface area contributed by atoms with Crippen molar-refractivity contribution in [3.63, 3.8) is 0 Å². The van der Waals surface area contributed by atoms with Crippen LogP contribution in [-0.2, 0) is 7.05 Å². The van der Waals surface area contributed by atoms with E-state index < -0.39 is 0 Å². The largest absolute Gasteiger partial charge is 0.336 e. The number of pyridine rings is 2. The summed E-state index contributed by atoms with van der Waals surface area (Å²) in [6.07, 6.45) is 3.45. The summed E-state index contributed by atoms with van der Waals surface area (Å²) in [5.41, 5.74) is 2.90. The molecule has 1 N–H and O–H groups in total. The Balaban J connectivity index is 1.72. The molecule has 0 saturated carbocycles. The third-order valence-electron chi connectivity index (χ3n) is 4.79. The van der Waals surface area contributed by atoms with Gasteiger partial charge in [-0.2, -0.15) is 0 Å². The van der Waals surface area contributed by atoms with Crippen molar-refractivity contribution in [3.8, 4) is 11.1 Å². The monoisotopic (exact) mass is 348 g/mol. The van der Waals surface area contributed by atoms with Crippen LogP contribution in [0.4, 0.5) is 0 Å².